The highest BCUT2D eigenvalue weighted by Gasteiger charge is 2.12. The third-order valence-electron chi connectivity index (χ3n) is 2.35. The number of carbonyl (C=O) groups is 1. The van der Waals surface area contributed by atoms with E-state index < -0.39 is 0 Å². The number of hydrogen-bond donors (Lipinski definition) is 1. The fourth-order valence-electron chi connectivity index (χ4n) is 1.60. The molecule has 0 bridgehead atoms. The summed E-state index contributed by atoms with van der Waals surface area (Å²) >= 11 is 0. The van der Waals surface area contributed by atoms with Crippen molar-refractivity contribution in [2.24, 2.45) is 4.99 Å². The number of carbonyl (C=O) groups excluding carboxylic acids is 1. The minimum atomic E-state index is 0.0722. The Balaban J connectivity index is 2.22. The van der Waals surface area contributed by atoms with Gasteiger partial charge in [-0.25, -0.2) is 4.99 Å². The van der Waals surface area contributed by atoms with Crippen LogP contribution in [0.2, 0.25) is 0 Å². The van der Waals surface area contributed by atoms with Gasteiger partial charge < -0.3 is 10.1 Å². The smallest absolute Gasteiger partial charge is 0.216 e. The zero-order valence-corrected chi connectivity index (χ0v) is 9.19. The van der Waals surface area contributed by atoms with E-state index >= 15 is 0 Å². The molecule has 1 aromatic carbocycles. The van der Waals surface area contributed by atoms with Crippen LogP contribution >= 0.6 is 0 Å². The van der Waals surface area contributed by atoms with Gasteiger partial charge in [-0.1, -0.05) is 12.1 Å². The Hall–Kier alpha value is -1.68. The first kappa shape index (κ1) is 10.8. The third kappa shape index (κ3) is 2.28. The molecule has 1 heterocycles. The van der Waals surface area contributed by atoms with Gasteiger partial charge in [0.25, 0.3) is 0 Å². The van der Waals surface area contributed by atoms with Gasteiger partial charge in [0.05, 0.1) is 13.1 Å². The van der Waals surface area contributed by atoms with Gasteiger partial charge >= 0.3 is 0 Å². The number of Topliss-reactive ketones (excluding diaryl/α,β-unsaturated/α-hetero) is 1. The zero-order chi connectivity index (χ0) is 11.4. The predicted molar refractivity (Wildman–Crippen MR) is 62.1 cm³/mol. The molecule has 0 unspecified atom stereocenters. The average molecular weight is 218 g/mol. The van der Waals surface area contributed by atoms with Gasteiger partial charge in [0, 0.05) is 11.1 Å². The highest BCUT2D eigenvalue weighted by Crippen LogP contribution is 2.10. The minimum absolute atomic E-state index is 0.0722. The lowest BCUT2D eigenvalue weighted by molar-refractivity contribution is 0.0993. The molecule has 0 radical (unpaired) electrons. The van der Waals surface area contributed by atoms with Crippen molar-refractivity contribution in [3.8, 4) is 0 Å². The van der Waals surface area contributed by atoms with Crippen molar-refractivity contribution in [2.75, 3.05) is 26.7 Å². The summed E-state index contributed by atoms with van der Waals surface area (Å²) in [6, 6.07) is 7.38. The van der Waals surface area contributed by atoms with Crippen molar-refractivity contribution >= 4 is 11.7 Å². The lowest BCUT2D eigenvalue weighted by Gasteiger charge is -2.04. The monoisotopic (exact) mass is 218 g/mol. The molecule has 1 aromatic rings. The van der Waals surface area contributed by atoms with Crippen LogP contribution in [-0.4, -0.2) is 38.4 Å². The molecule has 16 heavy (non-hydrogen) atoms. The van der Waals surface area contributed by atoms with Crippen LogP contribution in [0, 0.1) is 0 Å². The van der Waals surface area contributed by atoms with Gasteiger partial charge in [-0.3, -0.25) is 4.79 Å². The maximum absolute atomic E-state index is 11.7. The first-order chi connectivity index (χ1) is 7.81. The van der Waals surface area contributed by atoms with Gasteiger partial charge in [-0.2, -0.15) is 0 Å². The Morgan fingerprint density at radius 2 is 2.44 bits per heavy atom. The summed E-state index contributed by atoms with van der Waals surface area (Å²) in [7, 11) is 1.76. The normalized spacial score (nSPS) is 14.4. The first-order valence-electron chi connectivity index (χ1n) is 5.27. The molecule has 0 saturated carbocycles. The summed E-state index contributed by atoms with van der Waals surface area (Å²) < 4.78 is 5.36. The largest absolute Gasteiger partial charge is 0.476 e. The van der Waals surface area contributed by atoms with E-state index in [4.69, 9.17) is 4.74 Å². The highest BCUT2D eigenvalue weighted by atomic mass is 16.5. The molecule has 0 amide bonds. The molecular weight excluding hydrogens is 204 g/mol. The van der Waals surface area contributed by atoms with E-state index in [-0.39, 0.29) is 5.78 Å². The zero-order valence-electron chi connectivity index (χ0n) is 9.19. The summed E-state index contributed by atoms with van der Waals surface area (Å²) in [5, 5.41) is 2.84. The Kier molecular flexibility index (Phi) is 3.31. The number of nitrogens with one attached hydrogen (secondary N) is 1. The molecule has 1 aliphatic heterocycles. The van der Waals surface area contributed by atoms with Crippen molar-refractivity contribution in [3.05, 3.63) is 35.4 Å². The number of likely N-dealkylation sites (N-methyl/N-ethyl adjacent to an activating group) is 1. The van der Waals surface area contributed by atoms with Gasteiger partial charge in [0.1, 0.15) is 6.61 Å². The first-order valence-corrected chi connectivity index (χ1v) is 5.27. The number of ketones is 1. The van der Waals surface area contributed by atoms with E-state index in [1.807, 2.05) is 18.2 Å². The van der Waals surface area contributed by atoms with E-state index in [1.165, 1.54) is 0 Å². The number of ether oxygens (including phenoxy) is 1. The van der Waals surface area contributed by atoms with Gasteiger partial charge in [0.15, 0.2) is 5.78 Å². The number of aliphatic imine (C=N–C) groups is 1. The number of rotatable bonds is 4. The topological polar surface area (TPSA) is 50.7 Å². The van der Waals surface area contributed by atoms with Crippen LogP contribution in [-0.2, 0) is 4.74 Å². The maximum Gasteiger partial charge on any atom is 0.216 e. The summed E-state index contributed by atoms with van der Waals surface area (Å²) in [5.41, 5.74) is 1.56. The summed E-state index contributed by atoms with van der Waals surface area (Å²) in [6.45, 7) is 1.67. The molecule has 0 aromatic heterocycles. The molecule has 0 aliphatic carbocycles. The fourth-order valence-corrected chi connectivity index (χ4v) is 1.60. The van der Waals surface area contributed by atoms with Crippen LogP contribution in [0.3, 0.4) is 0 Å². The second-order valence-corrected chi connectivity index (χ2v) is 3.57. The SMILES string of the molecule is CNCC(=O)c1cccc(C2=NCCO2)c1. The average Bonchev–Trinajstić information content (AvgIpc) is 2.83. The van der Waals surface area contributed by atoms with Crippen LogP contribution in [0.15, 0.2) is 29.3 Å². The number of benzene rings is 1. The Morgan fingerprint density at radius 3 is 3.12 bits per heavy atom. The third-order valence-corrected chi connectivity index (χ3v) is 2.35. The molecule has 0 saturated heterocycles. The molecule has 0 spiro atoms. The standard InChI is InChI=1S/C12H14N2O2/c1-13-8-11(15)9-3-2-4-10(7-9)12-14-5-6-16-12/h2-4,7,13H,5-6,8H2,1H3. The molecule has 4 nitrogen and oxygen atoms in total. The predicted octanol–water partition coefficient (Wildman–Crippen LogP) is 0.866. The van der Waals surface area contributed by atoms with Crippen LogP contribution < -0.4 is 5.32 Å². The maximum atomic E-state index is 11.7. The van der Waals surface area contributed by atoms with E-state index in [0.717, 1.165) is 5.56 Å². The Morgan fingerprint density at radius 1 is 1.56 bits per heavy atom. The highest BCUT2D eigenvalue weighted by molar-refractivity contribution is 6.01. The summed E-state index contributed by atoms with van der Waals surface area (Å²) in [4.78, 5) is 15.9. The van der Waals surface area contributed by atoms with Crippen LogP contribution in [0.25, 0.3) is 0 Å². The van der Waals surface area contributed by atoms with E-state index in [2.05, 4.69) is 10.3 Å². The number of hydrogen-bond acceptors (Lipinski definition) is 4. The molecule has 0 fully saturated rings. The van der Waals surface area contributed by atoms with E-state index in [1.54, 1.807) is 13.1 Å². The Labute approximate surface area is 94.3 Å². The van der Waals surface area contributed by atoms with Crippen molar-refractivity contribution in [3.63, 3.8) is 0 Å². The quantitative estimate of drug-likeness (QED) is 0.763. The van der Waals surface area contributed by atoms with Gasteiger partial charge in [-0.05, 0) is 19.2 Å². The molecule has 4 heteroatoms. The summed E-state index contributed by atoms with van der Waals surface area (Å²) in [5.74, 6) is 0.710. The summed E-state index contributed by atoms with van der Waals surface area (Å²) in [6.07, 6.45) is 0. The van der Waals surface area contributed by atoms with Crippen molar-refractivity contribution in [1.29, 1.82) is 0 Å². The van der Waals surface area contributed by atoms with Gasteiger partial charge in [0.2, 0.25) is 5.90 Å². The molecular formula is C12H14N2O2. The van der Waals surface area contributed by atoms with Crippen molar-refractivity contribution < 1.29 is 9.53 Å². The molecule has 2 rings (SSSR count). The molecule has 84 valence electrons. The lowest BCUT2D eigenvalue weighted by atomic mass is 10.1. The van der Waals surface area contributed by atoms with Crippen LogP contribution in [0.5, 0.6) is 0 Å². The number of nitrogens with zero attached hydrogens (tertiary/aromatic N) is 1. The molecule has 0 atom stereocenters. The second-order valence-electron chi connectivity index (χ2n) is 3.57. The minimum Gasteiger partial charge on any atom is -0.476 e. The second kappa shape index (κ2) is 4.90. The van der Waals surface area contributed by atoms with Crippen LogP contribution in [0.4, 0.5) is 0 Å². The Bertz CT molecular complexity index is 427. The van der Waals surface area contributed by atoms with E-state index in [0.29, 0.717) is 31.2 Å². The fraction of sp³-hybridized carbons (Fsp3) is 0.333. The van der Waals surface area contributed by atoms with E-state index in [9.17, 15) is 4.79 Å². The molecule has 1 aliphatic rings. The molecule has 1 N–H and O–H groups in total. The van der Waals surface area contributed by atoms with Crippen LogP contribution in [0.1, 0.15) is 15.9 Å². The lowest BCUT2D eigenvalue weighted by Crippen LogP contribution is -2.18. The van der Waals surface area contributed by atoms with Crippen molar-refractivity contribution in [2.45, 2.75) is 0 Å². The van der Waals surface area contributed by atoms with Gasteiger partial charge in [-0.15, -0.1) is 0 Å². The van der Waals surface area contributed by atoms with Crippen molar-refractivity contribution in [1.82, 2.24) is 5.32 Å².